The Labute approximate surface area is 84.3 Å². The number of hydrogen-bond donors (Lipinski definition) is 1. The van der Waals surface area contributed by atoms with Crippen LogP contribution in [-0.4, -0.2) is 28.1 Å². The maximum absolute atomic E-state index is 10.5. The summed E-state index contributed by atoms with van der Waals surface area (Å²) < 4.78 is 0.851. The van der Waals surface area contributed by atoms with Crippen molar-refractivity contribution in [2.75, 3.05) is 7.05 Å². The minimum absolute atomic E-state index is 0.349. The molecule has 1 N–H and O–H groups in total. The molecule has 1 rings (SSSR count). The van der Waals surface area contributed by atoms with Gasteiger partial charge >= 0.3 is 6.09 Å². The molecule has 4 nitrogen and oxygen atoms in total. The predicted octanol–water partition coefficient (Wildman–Crippen LogP) is 1.95. The van der Waals surface area contributed by atoms with Crippen LogP contribution in [0.5, 0.6) is 0 Å². The highest BCUT2D eigenvalue weighted by molar-refractivity contribution is 9.10. The molecule has 0 unspecified atom stereocenters. The fourth-order valence-electron chi connectivity index (χ4n) is 0.884. The van der Waals surface area contributed by atoms with E-state index in [1.54, 1.807) is 12.4 Å². The number of carboxylic acid groups (broad SMARTS) is 1. The summed E-state index contributed by atoms with van der Waals surface area (Å²) in [6.45, 7) is 0.349. The monoisotopic (exact) mass is 244 g/mol. The van der Waals surface area contributed by atoms with Gasteiger partial charge in [0.05, 0.1) is 6.54 Å². The SMILES string of the molecule is CN(Cc1cncc(Br)c1)C(=O)O. The number of aromatic nitrogens is 1. The molecular formula is C8H9BrN2O2. The molecule has 1 amide bonds. The lowest BCUT2D eigenvalue weighted by Gasteiger charge is -2.12. The van der Waals surface area contributed by atoms with Crippen LogP contribution in [0.1, 0.15) is 5.56 Å². The highest BCUT2D eigenvalue weighted by Crippen LogP contribution is 2.10. The van der Waals surface area contributed by atoms with Crippen molar-refractivity contribution in [1.29, 1.82) is 0 Å². The van der Waals surface area contributed by atoms with Gasteiger partial charge in [0.2, 0.25) is 0 Å². The Morgan fingerprint density at radius 1 is 1.69 bits per heavy atom. The Balaban J connectivity index is 2.69. The molecule has 0 saturated heterocycles. The van der Waals surface area contributed by atoms with Crippen LogP contribution in [-0.2, 0) is 6.54 Å². The van der Waals surface area contributed by atoms with Crippen LogP contribution in [0.25, 0.3) is 0 Å². The van der Waals surface area contributed by atoms with Crippen molar-refractivity contribution < 1.29 is 9.90 Å². The van der Waals surface area contributed by atoms with E-state index in [4.69, 9.17) is 5.11 Å². The topological polar surface area (TPSA) is 53.4 Å². The summed E-state index contributed by atoms with van der Waals surface area (Å²) in [7, 11) is 1.52. The van der Waals surface area contributed by atoms with Crippen molar-refractivity contribution in [3.05, 3.63) is 28.5 Å². The van der Waals surface area contributed by atoms with E-state index in [1.165, 1.54) is 11.9 Å². The summed E-state index contributed by atoms with van der Waals surface area (Å²) in [6, 6.07) is 1.84. The average Bonchev–Trinajstić information content (AvgIpc) is 2.04. The first-order chi connectivity index (χ1) is 6.09. The van der Waals surface area contributed by atoms with Gasteiger partial charge in [-0.15, -0.1) is 0 Å². The van der Waals surface area contributed by atoms with Crippen molar-refractivity contribution in [2.24, 2.45) is 0 Å². The molecular weight excluding hydrogens is 236 g/mol. The zero-order valence-electron chi connectivity index (χ0n) is 7.07. The van der Waals surface area contributed by atoms with E-state index in [0.717, 1.165) is 10.0 Å². The van der Waals surface area contributed by atoms with E-state index < -0.39 is 6.09 Å². The van der Waals surface area contributed by atoms with Crippen LogP contribution in [0.3, 0.4) is 0 Å². The third kappa shape index (κ3) is 3.02. The molecule has 1 heterocycles. The Bertz CT molecular complexity index is 317. The highest BCUT2D eigenvalue weighted by Gasteiger charge is 2.05. The van der Waals surface area contributed by atoms with E-state index in [1.807, 2.05) is 6.07 Å². The van der Waals surface area contributed by atoms with Gasteiger partial charge in [-0.1, -0.05) is 0 Å². The van der Waals surface area contributed by atoms with Gasteiger partial charge in [-0.3, -0.25) is 4.98 Å². The highest BCUT2D eigenvalue weighted by atomic mass is 79.9. The minimum Gasteiger partial charge on any atom is -0.465 e. The number of carbonyl (C=O) groups is 1. The predicted molar refractivity (Wildman–Crippen MR) is 51.4 cm³/mol. The molecule has 0 radical (unpaired) electrons. The summed E-state index contributed by atoms with van der Waals surface area (Å²) >= 11 is 3.26. The lowest BCUT2D eigenvalue weighted by molar-refractivity contribution is 0.153. The smallest absolute Gasteiger partial charge is 0.407 e. The summed E-state index contributed by atoms with van der Waals surface area (Å²) in [6.07, 6.45) is 2.36. The van der Waals surface area contributed by atoms with Crippen LogP contribution in [0.15, 0.2) is 22.9 Å². The van der Waals surface area contributed by atoms with Crippen LogP contribution >= 0.6 is 15.9 Å². The summed E-state index contributed by atoms with van der Waals surface area (Å²) in [5, 5.41) is 8.61. The van der Waals surface area contributed by atoms with Crippen molar-refractivity contribution in [3.63, 3.8) is 0 Å². The van der Waals surface area contributed by atoms with Gasteiger partial charge in [-0.2, -0.15) is 0 Å². The first-order valence-corrected chi connectivity index (χ1v) is 4.42. The Morgan fingerprint density at radius 2 is 2.38 bits per heavy atom. The van der Waals surface area contributed by atoms with Gasteiger partial charge in [-0.25, -0.2) is 4.79 Å². The van der Waals surface area contributed by atoms with Crippen molar-refractivity contribution in [3.8, 4) is 0 Å². The van der Waals surface area contributed by atoms with E-state index in [2.05, 4.69) is 20.9 Å². The molecule has 0 bridgehead atoms. The normalized spacial score (nSPS) is 9.69. The van der Waals surface area contributed by atoms with Gasteiger partial charge < -0.3 is 10.0 Å². The van der Waals surface area contributed by atoms with E-state index in [0.29, 0.717) is 6.54 Å². The van der Waals surface area contributed by atoms with Crippen LogP contribution in [0.2, 0.25) is 0 Å². The molecule has 0 saturated carbocycles. The summed E-state index contributed by atoms with van der Waals surface area (Å²) in [4.78, 5) is 15.6. The average molecular weight is 245 g/mol. The van der Waals surface area contributed by atoms with Crippen molar-refractivity contribution in [2.45, 2.75) is 6.54 Å². The van der Waals surface area contributed by atoms with Crippen LogP contribution in [0, 0.1) is 0 Å². The van der Waals surface area contributed by atoms with Gasteiger partial charge in [0.1, 0.15) is 0 Å². The quantitative estimate of drug-likeness (QED) is 0.866. The van der Waals surface area contributed by atoms with E-state index in [-0.39, 0.29) is 0 Å². The van der Waals surface area contributed by atoms with Crippen LogP contribution in [0.4, 0.5) is 4.79 Å². The number of halogens is 1. The van der Waals surface area contributed by atoms with E-state index >= 15 is 0 Å². The maximum Gasteiger partial charge on any atom is 0.407 e. The molecule has 0 fully saturated rings. The number of hydrogen-bond acceptors (Lipinski definition) is 2. The molecule has 0 aliphatic heterocycles. The number of nitrogens with zero attached hydrogens (tertiary/aromatic N) is 2. The Hall–Kier alpha value is -1.10. The van der Waals surface area contributed by atoms with Gasteiger partial charge in [-0.05, 0) is 27.6 Å². The molecule has 0 aliphatic carbocycles. The number of amides is 1. The minimum atomic E-state index is -0.944. The molecule has 0 spiro atoms. The largest absolute Gasteiger partial charge is 0.465 e. The first-order valence-electron chi connectivity index (χ1n) is 3.63. The zero-order valence-corrected chi connectivity index (χ0v) is 8.65. The number of rotatable bonds is 2. The molecule has 1 aromatic heterocycles. The molecule has 13 heavy (non-hydrogen) atoms. The second kappa shape index (κ2) is 4.23. The molecule has 5 heteroatoms. The molecule has 1 aromatic rings. The summed E-state index contributed by atoms with van der Waals surface area (Å²) in [5.74, 6) is 0. The first kappa shape index (κ1) is 9.98. The van der Waals surface area contributed by atoms with Gasteiger partial charge in [0.25, 0.3) is 0 Å². The van der Waals surface area contributed by atoms with Crippen LogP contribution < -0.4 is 0 Å². The third-order valence-corrected chi connectivity index (χ3v) is 1.94. The maximum atomic E-state index is 10.5. The fourth-order valence-corrected chi connectivity index (χ4v) is 1.30. The third-order valence-electron chi connectivity index (χ3n) is 1.51. The second-order valence-corrected chi connectivity index (χ2v) is 3.57. The lowest BCUT2D eigenvalue weighted by Crippen LogP contribution is -2.23. The second-order valence-electron chi connectivity index (χ2n) is 2.65. The van der Waals surface area contributed by atoms with Gasteiger partial charge in [0, 0.05) is 23.9 Å². The molecule has 0 atom stereocenters. The van der Waals surface area contributed by atoms with Crippen molar-refractivity contribution in [1.82, 2.24) is 9.88 Å². The van der Waals surface area contributed by atoms with Crippen molar-refractivity contribution >= 4 is 22.0 Å². The van der Waals surface area contributed by atoms with Gasteiger partial charge in [0.15, 0.2) is 0 Å². The Kier molecular flexibility index (Phi) is 3.25. The lowest BCUT2D eigenvalue weighted by atomic mass is 10.3. The number of pyridine rings is 1. The fraction of sp³-hybridized carbons (Fsp3) is 0.250. The summed E-state index contributed by atoms with van der Waals surface area (Å²) in [5.41, 5.74) is 0.860. The Morgan fingerprint density at radius 3 is 2.92 bits per heavy atom. The molecule has 70 valence electrons. The standard InChI is InChI=1S/C8H9BrN2O2/c1-11(8(12)13)5-6-2-7(9)4-10-3-6/h2-4H,5H2,1H3,(H,12,13). The molecule has 0 aliphatic rings. The zero-order chi connectivity index (χ0) is 9.84. The van der Waals surface area contributed by atoms with E-state index in [9.17, 15) is 4.79 Å². The molecule has 0 aromatic carbocycles.